The number of nitrogens with one attached hydrogen (secondary N) is 1. The summed E-state index contributed by atoms with van der Waals surface area (Å²) in [6, 6.07) is 15.6. The number of hydrogen-bond acceptors (Lipinski definition) is 8. The van der Waals surface area contributed by atoms with E-state index in [4.69, 9.17) is 15.2 Å². The summed E-state index contributed by atoms with van der Waals surface area (Å²) in [5, 5.41) is 2.85. The smallest absolute Gasteiger partial charge is 0.256 e. The van der Waals surface area contributed by atoms with Crippen molar-refractivity contribution in [3.8, 4) is 11.5 Å². The molecule has 0 spiro atoms. The second-order valence-corrected chi connectivity index (χ2v) is 7.64. The Morgan fingerprint density at radius 3 is 2.36 bits per heavy atom. The number of ether oxygens (including phenoxy) is 2. The van der Waals surface area contributed by atoms with E-state index in [0.29, 0.717) is 18.2 Å². The molecule has 2 aromatic carbocycles. The number of amides is 1. The number of benzene rings is 2. The Morgan fingerprint density at radius 2 is 1.70 bits per heavy atom. The Labute approximate surface area is 193 Å². The molecule has 0 bridgehead atoms. The highest BCUT2D eigenvalue weighted by atomic mass is 16.5. The summed E-state index contributed by atoms with van der Waals surface area (Å²) >= 11 is 0. The highest BCUT2D eigenvalue weighted by Crippen LogP contribution is 2.22. The maximum Gasteiger partial charge on any atom is 0.256 e. The zero-order chi connectivity index (χ0) is 23.2. The second kappa shape index (κ2) is 10.1. The Bertz CT molecular complexity index is 1100. The van der Waals surface area contributed by atoms with Gasteiger partial charge in [-0.15, -0.1) is 0 Å². The van der Waals surface area contributed by atoms with Crippen molar-refractivity contribution < 1.29 is 14.3 Å². The number of carbonyl (C=O) groups is 1. The van der Waals surface area contributed by atoms with Gasteiger partial charge in [-0.25, -0.2) is 4.98 Å². The van der Waals surface area contributed by atoms with Crippen molar-refractivity contribution in [2.45, 2.75) is 6.54 Å². The van der Waals surface area contributed by atoms with Crippen LogP contribution in [0.25, 0.3) is 0 Å². The predicted octanol–water partition coefficient (Wildman–Crippen LogP) is 2.33. The third-order valence-electron chi connectivity index (χ3n) is 5.68. The van der Waals surface area contributed by atoms with E-state index in [2.05, 4.69) is 37.2 Å². The number of nitrogens with zero attached hydrogens (tertiary/aromatic N) is 4. The fourth-order valence-corrected chi connectivity index (χ4v) is 3.79. The van der Waals surface area contributed by atoms with Crippen molar-refractivity contribution >= 4 is 23.4 Å². The molecular weight excluding hydrogens is 420 g/mol. The van der Waals surface area contributed by atoms with E-state index in [9.17, 15) is 4.79 Å². The van der Waals surface area contributed by atoms with Crippen LogP contribution in [-0.2, 0) is 6.54 Å². The van der Waals surface area contributed by atoms with E-state index in [0.717, 1.165) is 43.2 Å². The van der Waals surface area contributed by atoms with Crippen molar-refractivity contribution in [1.82, 2.24) is 15.3 Å². The molecule has 0 atom stereocenters. The van der Waals surface area contributed by atoms with Crippen molar-refractivity contribution in [3.05, 3.63) is 65.9 Å². The number of carbonyl (C=O) groups excluding carboxylic acids is 1. The number of hydrogen-bond donors (Lipinski definition) is 2. The Kier molecular flexibility index (Phi) is 6.77. The fourth-order valence-electron chi connectivity index (χ4n) is 3.79. The van der Waals surface area contributed by atoms with Crippen LogP contribution in [0.1, 0.15) is 15.9 Å². The molecule has 1 saturated heterocycles. The molecule has 2 heterocycles. The van der Waals surface area contributed by atoms with Crippen LogP contribution >= 0.6 is 0 Å². The number of para-hydroxylation sites is 1. The van der Waals surface area contributed by atoms with Gasteiger partial charge in [-0.05, 0) is 30.3 Å². The lowest BCUT2D eigenvalue weighted by Crippen LogP contribution is -2.47. The molecule has 1 aliphatic heterocycles. The van der Waals surface area contributed by atoms with Crippen LogP contribution in [0.4, 0.5) is 17.5 Å². The van der Waals surface area contributed by atoms with Gasteiger partial charge in [-0.3, -0.25) is 4.79 Å². The van der Waals surface area contributed by atoms with Crippen LogP contribution in [0.15, 0.2) is 54.7 Å². The molecule has 9 nitrogen and oxygen atoms in total. The van der Waals surface area contributed by atoms with Gasteiger partial charge in [-0.1, -0.05) is 18.2 Å². The molecule has 1 aromatic heterocycles. The van der Waals surface area contributed by atoms with Crippen LogP contribution in [0.2, 0.25) is 0 Å². The lowest BCUT2D eigenvalue weighted by molar-refractivity contribution is 0.0951. The van der Waals surface area contributed by atoms with Crippen molar-refractivity contribution in [2.75, 3.05) is 55.9 Å². The van der Waals surface area contributed by atoms with Crippen LogP contribution in [0.3, 0.4) is 0 Å². The number of nitrogen functional groups attached to an aromatic ring is 1. The number of nitrogens with two attached hydrogens (primary N) is 1. The predicted molar refractivity (Wildman–Crippen MR) is 128 cm³/mol. The summed E-state index contributed by atoms with van der Waals surface area (Å²) in [6.07, 6.45) is 1.49. The van der Waals surface area contributed by atoms with Crippen molar-refractivity contribution in [2.24, 2.45) is 0 Å². The van der Waals surface area contributed by atoms with Gasteiger partial charge < -0.3 is 30.3 Å². The van der Waals surface area contributed by atoms with Gasteiger partial charge in [0.1, 0.15) is 17.3 Å². The minimum atomic E-state index is -0.325. The van der Waals surface area contributed by atoms with Crippen molar-refractivity contribution in [3.63, 3.8) is 0 Å². The average Bonchev–Trinajstić information content (AvgIpc) is 2.87. The Hall–Kier alpha value is -4.01. The lowest BCUT2D eigenvalue weighted by atomic mass is 10.2. The zero-order valence-electron chi connectivity index (χ0n) is 18.8. The SMILES string of the molecule is COc1ccc(N2CCN(c3ncc(C(=O)NCc4ccccc4OC)c(N)n3)CC2)cc1. The first kappa shape index (κ1) is 22.2. The number of anilines is 3. The summed E-state index contributed by atoms with van der Waals surface area (Å²) in [6.45, 7) is 3.49. The normalized spacial score (nSPS) is 13.5. The van der Waals surface area contributed by atoms with Gasteiger partial charge >= 0.3 is 0 Å². The van der Waals surface area contributed by atoms with Crippen LogP contribution in [-0.4, -0.2) is 56.3 Å². The van der Waals surface area contributed by atoms with Gasteiger partial charge in [0.15, 0.2) is 0 Å². The third kappa shape index (κ3) is 5.08. The molecule has 0 unspecified atom stereocenters. The van der Waals surface area contributed by atoms with E-state index >= 15 is 0 Å². The molecule has 1 fully saturated rings. The molecule has 4 rings (SSSR count). The molecular formula is C24H28N6O3. The fraction of sp³-hybridized carbons (Fsp3) is 0.292. The molecule has 9 heteroatoms. The largest absolute Gasteiger partial charge is 0.497 e. The van der Waals surface area contributed by atoms with Gasteiger partial charge in [0.25, 0.3) is 5.91 Å². The van der Waals surface area contributed by atoms with E-state index in [1.165, 1.54) is 6.20 Å². The van der Waals surface area contributed by atoms with E-state index < -0.39 is 0 Å². The second-order valence-electron chi connectivity index (χ2n) is 7.64. The van der Waals surface area contributed by atoms with E-state index in [1.54, 1.807) is 14.2 Å². The van der Waals surface area contributed by atoms with Crippen molar-refractivity contribution in [1.29, 1.82) is 0 Å². The quantitative estimate of drug-likeness (QED) is 0.567. The first-order chi connectivity index (χ1) is 16.1. The highest BCUT2D eigenvalue weighted by Gasteiger charge is 2.21. The zero-order valence-corrected chi connectivity index (χ0v) is 18.8. The topological polar surface area (TPSA) is 106 Å². The standard InChI is InChI=1S/C24H28N6O3/c1-32-19-9-7-18(8-10-19)29-11-13-30(14-12-29)24-27-16-20(22(25)28-24)23(31)26-15-17-5-3-4-6-21(17)33-2/h3-10,16H,11-15H2,1-2H3,(H,26,31)(H2,25,27,28). The van der Waals surface area contributed by atoms with Crippen LogP contribution < -0.4 is 30.3 Å². The molecule has 3 aromatic rings. The average molecular weight is 449 g/mol. The molecule has 33 heavy (non-hydrogen) atoms. The number of rotatable bonds is 7. The number of methoxy groups -OCH3 is 2. The first-order valence-corrected chi connectivity index (χ1v) is 10.8. The molecule has 0 aliphatic carbocycles. The third-order valence-corrected chi connectivity index (χ3v) is 5.68. The summed E-state index contributed by atoms with van der Waals surface area (Å²) in [5.41, 5.74) is 8.39. The van der Waals surface area contributed by atoms with Crippen LogP contribution in [0.5, 0.6) is 11.5 Å². The minimum absolute atomic E-state index is 0.162. The Morgan fingerprint density at radius 1 is 1.00 bits per heavy atom. The van der Waals surface area contributed by atoms with E-state index in [1.807, 2.05) is 36.4 Å². The molecule has 0 radical (unpaired) electrons. The lowest BCUT2D eigenvalue weighted by Gasteiger charge is -2.36. The molecule has 1 aliphatic rings. The van der Waals surface area contributed by atoms with E-state index in [-0.39, 0.29) is 17.3 Å². The maximum atomic E-state index is 12.6. The summed E-state index contributed by atoms with van der Waals surface area (Å²) < 4.78 is 10.5. The molecule has 0 saturated carbocycles. The highest BCUT2D eigenvalue weighted by molar-refractivity contribution is 5.98. The minimum Gasteiger partial charge on any atom is -0.497 e. The van der Waals surface area contributed by atoms with Gasteiger partial charge in [0, 0.05) is 50.2 Å². The molecule has 3 N–H and O–H groups in total. The monoisotopic (exact) mass is 448 g/mol. The molecule has 1 amide bonds. The Balaban J connectivity index is 1.36. The molecule has 172 valence electrons. The van der Waals surface area contributed by atoms with Gasteiger partial charge in [0.2, 0.25) is 5.95 Å². The van der Waals surface area contributed by atoms with Crippen LogP contribution in [0, 0.1) is 0 Å². The maximum absolute atomic E-state index is 12.6. The summed E-state index contributed by atoms with van der Waals surface area (Å²) in [4.78, 5) is 25.8. The summed E-state index contributed by atoms with van der Waals surface area (Å²) in [7, 11) is 3.26. The number of aromatic nitrogens is 2. The summed E-state index contributed by atoms with van der Waals surface area (Å²) in [5.74, 6) is 1.92. The first-order valence-electron chi connectivity index (χ1n) is 10.8. The van der Waals surface area contributed by atoms with Gasteiger partial charge in [0.05, 0.1) is 19.8 Å². The van der Waals surface area contributed by atoms with Gasteiger partial charge in [-0.2, -0.15) is 4.98 Å². The number of piperazine rings is 1.